The van der Waals surface area contributed by atoms with Crippen LogP contribution in [0.3, 0.4) is 0 Å². The number of aromatic nitrogens is 2. The molecule has 0 spiro atoms. The molecule has 19 heavy (non-hydrogen) atoms. The highest BCUT2D eigenvalue weighted by atomic mass is 19.1. The molecule has 6 heteroatoms. The minimum absolute atomic E-state index is 0.304. The fourth-order valence-corrected chi connectivity index (χ4v) is 1.76. The Labute approximate surface area is 110 Å². The Kier molecular flexibility index (Phi) is 3.91. The summed E-state index contributed by atoms with van der Waals surface area (Å²) >= 11 is 0. The van der Waals surface area contributed by atoms with Gasteiger partial charge < -0.3 is 11.1 Å². The SMILES string of the molecule is Cn1nccc1CNCc1cc(C(N)=O)ccc1F. The molecule has 0 saturated heterocycles. The van der Waals surface area contributed by atoms with Crippen molar-refractivity contribution in [3.05, 3.63) is 53.1 Å². The maximum absolute atomic E-state index is 13.6. The molecule has 100 valence electrons. The Hall–Kier alpha value is -2.21. The molecule has 2 aromatic rings. The first kappa shape index (κ1) is 13.2. The lowest BCUT2D eigenvalue weighted by Gasteiger charge is -2.07. The molecule has 0 aliphatic heterocycles. The summed E-state index contributed by atoms with van der Waals surface area (Å²) in [6.07, 6.45) is 1.70. The zero-order valence-corrected chi connectivity index (χ0v) is 10.6. The molecule has 0 bridgehead atoms. The van der Waals surface area contributed by atoms with Crippen molar-refractivity contribution in [1.82, 2.24) is 15.1 Å². The second-order valence-corrected chi connectivity index (χ2v) is 4.22. The molecule has 5 nitrogen and oxygen atoms in total. The van der Waals surface area contributed by atoms with Crippen LogP contribution in [0.5, 0.6) is 0 Å². The van der Waals surface area contributed by atoms with Crippen LogP contribution in [0.15, 0.2) is 30.5 Å². The Morgan fingerprint density at radius 2 is 2.21 bits per heavy atom. The fourth-order valence-electron chi connectivity index (χ4n) is 1.76. The van der Waals surface area contributed by atoms with Gasteiger partial charge >= 0.3 is 0 Å². The Balaban J connectivity index is 2.01. The Morgan fingerprint density at radius 1 is 1.42 bits per heavy atom. The van der Waals surface area contributed by atoms with E-state index in [-0.39, 0.29) is 5.82 Å². The van der Waals surface area contributed by atoms with Crippen molar-refractivity contribution in [2.24, 2.45) is 12.8 Å². The number of benzene rings is 1. The van der Waals surface area contributed by atoms with Crippen molar-refractivity contribution in [1.29, 1.82) is 0 Å². The third-order valence-corrected chi connectivity index (χ3v) is 2.87. The molecule has 0 saturated carbocycles. The monoisotopic (exact) mass is 262 g/mol. The average Bonchev–Trinajstić information content (AvgIpc) is 2.77. The predicted molar refractivity (Wildman–Crippen MR) is 68.7 cm³/mol. The maximum Gasteiger partial charge on any atom is 0.248 e. The summed E-state index contributed by atoms with van der Waals surface area (Å²) in [5.74, 6) is -0.921. The van der Waals surface area contributed by atoms with E-state index in [0.717, 1.165) is 5.69 Å². The summed E-state index contributed by atoms with van der Waals surface area (Å²) in [7, 11) is 1.84. The van der Waals surface area contributed by atoms with Crippen LogP contribution in [0, 0.1) is 5.82 Å². The summed E-state index contributed by atoms with van der Waals surface area (Å²) in [5.41, 5.74) is 6.88. The summed E-state index contributed by atoms with van der Waals surface area (Å²) in [6.45, 7) is 0.884. The number of nitrogens with zero attached hydrogens (tertiary/aromatic N) is 2. The van der Waals surface area contributed by atoms with E-state index in [0.29, 0.717) is 24.2 Å². The van der Waals surface area contributed by atoms with Crippen LogP contribution in [0.1, 0.15) is 21.6 Å². The highest BCUT2D eigenvalue weighted by Crippen LogP contribution is 2.10. The molecule has 0 aliphatic carbocycles. The van der Waals surface area contributed by atoms with Gasteiger partial charge in [-0.05, 0) is 24.3 Å². The lowest BCUT2D eigenvalue weighted by molar-refractivity contribution is 0.1000. The van der Waals surface area contributed by atoms with Gasteiger partial charge in [0.15, 0.2) is 0 Å². The number of halogens is 1. The molecule has 2 rings (SSSR count). The third kappa shape index (κ3) is 3.17. The van der Waals surface area contributed by atoms with E-state index in [9.17, 15) is 9.18 Å². The normalized spacial score (nSPS) is 10.6. The molecule has 0 radical (unpaired) electrons. The highest BCUT2D eigenvalue weighted by Gasteiger charge is 2.07. The molecular formula is C13H15FN4O. The lowest BCUT2D eigenvalue weighted by Crippen LogP contribution is -2.17. The van der Waals surface area contributed by atoms with E-state index in [1.807, 2.05) is 13.1 Å². The van der Waals surface area contributed by atoms with Gasteiger partial charge in [-0.15, -0.1) is 0 Å². The summed E-state index contributed by atoms with van der Waals surface area (Å²) in [6, 6.07) is 5.97. The van der Waals surface area contributed by atoms with Gasteiger partial charge in [-0.2, -0.15) is 5.10 Å². The van der Waals surface area contributed by atoms with Crippen molar-refractivity contribution >= 4 is 5.91 Å². The first-order valence-corrected chi connectivity index (χ1v) is 5.84. The minimum Gasteiger partial charge on any atom is -0.366 e. The second-order valence-electron chi connectivity index (χ2n) is 4.22. The number of hydrogen-bond acceptors (Lipinski definition) is 3. The van der Waals surface area contributed by atoms with E-state index >= 15 is 0 Å². The summed E-state index contributed by atoms with van der Waals surface area (Å²) < 4.78 is 15.3. The van der Waals surface area contributed by atoms with Crippen molar-refractivity contribution in [2.75, 3.05) is 0 Å². The lowest BCUT2D eigenvalue weighted by atomic mass is 10.1. The number of amides is 1. The predicted octanol–water partition coefficient (Wildman–Crippen LogP) is 0.948. The number of aryl methyl sites for hydroxylation is 1. The van der Waals surface area contributed by atoms with Crippen LogP contribution in [0.2, 0.25) is 0 Å². The van der Waals surface area contributed by atoms with E-state index < -0.39 is 5.91 Å². The zero-order valence-electron chi connectivity index (χ0n) is 10.6. The number of carbonyl (C=O) groups is 1. The van der Waals surface area contributed by atoms with Crippen molar-refractivity contribution in [2.45, 2.75) is 13.1 Å². The van der Waals surface area contributed by atoms with Gasteiger partial charge in [-0.25, -0.2) is 4.39 Å². The number of rotatable bonds is 5. The average molecular weight is 262 g/mol. The molecular weight excluding hydrogens is 247 g/mol. The molecule has 0 atom stereocenters. The van der Waals surface area contributed by atoms with Crippen LogP contribution < -0.4 is 11.1 Å². The molecule has 0 fully saturated rings. The topological polar surface area (TPSA) is 72.9 Å². The van der Waals surface area contributed by atoms with Crippen LogP contribution in [0.25, 0.3) is 0 Å². The maximum atomic E-state index is 13.6. The number of nitrogens with one attached hydrogen (secondary N) is 1. The van der Waals surface area contributed by atoms with Crippen LogP contribution in [-0.4, -0.2) is 15.7 Å². The van der Waals surface area contributed by atoms with Crippen molar-refractivity contribution in [3.8, 4) is 0 Å². The summed E-state index contributed by atoms with van der Waals surface area (Å²) in [5, 5.41) is 7.14. The first-order valence-electron chi connectivity index (χ1n) is 5.84. The van der Waals surface area contributed by atoms with Crippen LogP contribution in [0.4, 0.5) is 4.39 Å². The number of primary amides is 1. The molecule has 3 N–H and O–H groups in total. The highest BCUT2D eigenvalue weighted by molar-refractivity contribution is 5.92. The Bertz CT molecular complexity index is 594. The molecule has 1 amide bonds. The van der Waals surface area contributed by atoms with Gasteiger partial charge in [0.2, 0.25) is 5.91 Å². The van der Waals surface area contributed by atoms with Gasteiger partial charge in [-0.1, -0.05) is 0 Å². The second kappa shape index (κ2) is 5.62. The van der Waals surface area contributed by atoms with Gasteiger partial charge in [0.05, 0.1) is 5.69 Å². The van der Waals surface area contributed by atoms with Crippen LogP contribution >= 0.6 is 0 Å². The standard InChI is InChI=1S/C13H15FN4O/c1-18-11(4-5-17-18)8-16-7-10-6-9(13(15)19)2-3-12(10)14/h2-6,16H,7-8H2,1H3,(H2,15,19). The molecule has 1 aromatic carbocycles. The smallest absolute Gasteiger partial charge is 0.248 e. The molecule has 1 aromatic heterocycles. The van der Waals surface area contributed by atoms with Gasteiger partial charge in [-0.3, -0.25) is 9.48 Å². The van der Waals surface area contributed by atoms with Crippen LogP contribution in [-0.2, 0) is 20.1 Å². The third-order valence-electron chi connectivity index (χ3n) is 2.87. The zero-order chi connectivity index (χ0) is 13.8. The van der Waals surface area contributed by atoms with Crippen molar-refractivity contribution in [3.63, 3.8) is 0 Å². The molecule has 0 unspecified atom stereocenters. The number of carbonyl (C=O) groups excluding carboxylic acids is 1. The summed E-state index contributed by atoms with van der Waals surface area (Å²) in [4.78, 5) is 11.0. The van der Waals surface area contributed by atoms with Crippen molar-refractivity contribution < 1.29 is 9.18 Å². The van der Waals surface area contributed by atoms with E-state index in [1.165, 1.54) is 18.2 Å². The largest absolute Gasteiger partial charge is 0.366 e. The fraction of sp³-hybridized carbons (Fsp3) is 0.231. The number of nitrogens with two attached hydrogens (primary N) is 1. The number of hydrogen-bond donors (Lipinski definition) is 2. The Morgan fingerprint density at radius 3 is 2.84 bits per heavy atom. The van der Waals surface area contributed by atoms with Gasteiger partial charge in [0.25, 0.3) is 0 Å². The van der Waals surface area contributed by atoms with E-state index in [2.05, 4.69) is 10.4 Å². The van der Waals surface area contributed by atoms with E-state index in [4.69, 9.17) is 5.73 Å². The quantitative estimate of drug-likeness (QED) is 0.842. The first-order chi connectivity index (χ1) is 9.08. The molecule has 1 heterocycles. The van der Waals surface area contributed by atoms with E-state index in [1.54, 1.807) is 10.9 Å². The minimum atomic E-state index is -0.562. The molecule has 0 aliphatic rings. The van der Waals surface area contributed by atoms with Gasteiger partial charge in [0.1, 0.15) is 5.82 Å². The van der Waals surface area contributed by atoms with Gasteiger partial charge in [0, 0.05) is 37.5 Å².